The van der Waals surface area contributed by atoms with Crippen LogP contribution in [0.2, 0.25) is 0 Å². The first kappa shape index (κ1) is 14.3. The van der Waals surface area contributed by atoms with Gasteiger partial charge in [-0.15, -0.1) is 0 Å². The fourth-order valence-electron chi connectivity index (χ4n) is 1.63. The lowest BCUT2D eigenvalue weighted by atomic mass is 10.1. The van der Waals surface area contributed by atoms with Gasteiger partial charge in [0.05, 0.1) is 5.56 Å². The Morgan fingerprint density at radius 1 is 1.05 bits per heavy atom. The summed E-state index contributed by atoms with van der Waals surface area (Å²) in [6.07, 6.45) is 0. The van der Waals surface area contributed by atoms with Crippen LogP contribution in [0.15, 0.2) is 46.9 Å². The Balaban J connectivity index is 2.14. The van der Waals surface area contributed by atoms with E-state index in [1.165, 1.54) is 12.1 Å². The van der Waals surface area contributed by atoms with Crippen LogP contribution in [-0.2, 0) is 0 Å². The lowest BCUT2D eigenvalue weighted by Crippen LogP contribution is -2.12. The lowest BCUT2D eigenvalue weighted by molar-refractivity contribution is 0.0696. The molecule has 0 aromatic heterocycles. The molecule has 4 nitrogen and oxygen atoms in total. The van der Waals surface area contributed by atoms with E-state index in [0.717, 1.165) is 10.0 Å². The van der Waals surface area contributed by atoms with Gasteiger partial charge in [0.25, 0.3) is 5.91 Å². The average molecular weight is 334 g/mol. The molecule has 0 aliphatic heterocycles. The van der Waals surface area contributed by atoms with E-state index in [1.807, 2.05) is 13.0 Å². The molecule has 0 fully saturated rings. The average Bonchev–Trinajstić information content (AvgIpc) is 2.42. The minimum Gasteiger partial charge on any atom is -0.478 e. The molecule has 2 aromatic rings. The fourth-order valence-corrected chi connectivity index (χ4v) is 2.01. The topological polar surface area (TPSA) is 66.4 Å². The minimum atomic E-state index is -0.995. The molecule has 5 heteroatoms. The number of hydrogen-bond donors (Lipinski definition) is 2. The number of carboxylic acid groups (broad SMARTS) is 1. The number of carbonyl (C=O) groups excluding carboxylic acids is 1. The molecule has 20 heavy (non-hydrogen) atoms. The standard InChI is InChI=1S/C15H12BrNO3/c1-9-2-3-11(8-13(9)16)14(18)17-12-6-4-10(5-7-12)15(19)20/h2-8H,1H3,(H,17,18)(H,19,20). The molecule has 102 valence electrons. The molecule has 0 radical (unpaired) electrons. The maximum absolute atomic E-state index is 12.0. The van der Waals surface area contributed by atoms with Crippen LogP contribution in [0.3, 0.4) is 0 Å². The van der Waals surface area contributed by atoms with E-state index in [-0.39, 0.29) is 11.5 Å². The number of nitrogens with one attached hydrogen (secondary N) is 1. The third-order valence-electron chi connectivity index (χ3n) is 2.82. The zero-order chi connectivity index (χ0) is 14.7. The van der Waals surface area contributed by atoms with Crippen LogP contribution in [0.1, 0.15) is 26.3 Å². The number of aromatic carboxylic acids is 1. The maximum atomic E-state index is 12.0. The molecule has 0 spiro atoms. The van der Waals surface area contributed by atoms with Crippen molar-refractivity contribution >= 4 is 33.5 Å². The molecule has 1 amide bonds. The van der Waals surface area contributed by atoms with Gasteiger partial charge in [0.2, 0.25) is 0 Å². The van der Waals surface area contributed by atoms with Gasteiger partial charge in [0.15, 0.2) is 0 Å². The summed E-state index contributed by atoms with van der Waals surface area (Å²) in [5.41, 5.74) is 2.31. The Morgan fingerprint density at radius 3 is 2.20 bits per heavy atom. The molecular formula is C15H12BrNO3. The van der Waals surface area contributed by atoms with Gasteiger partial charge in [-0.1, -0.05) is 22.0 Å². The van der Waals surface area contributed by atoms with Crippen molar-refractivity contribution < 1.29 is 14.7 Å². The van der Waals surface area contributed by atoms with Crippen molar-refractivity contribution in [1.82, 2.24) is 0 Å². The van der Waals surface area contributed by atoms with Crippen LogP contribution < -0.4 is 5.32 Å². The molecular weight excluding hydrogens is 322 g/mol. The second-order valence-corrected chi connectivity index (χ2v) is 5.15. The quantitative estimate of drug-likeness (QED) is 0.899. The molecule has 0 saturated heterocycles. The van der Waals surface area contributed by atoms with Gasteiger partial charge in [-0.2, -0.15) is 0 Å². The maximum Gasteiger partial charge on any atom is 0.335 e. The number of amides is 1. The largest absolute Gasteiger partial charge is 0.478 e. The zero-order valence-electron chi connectivity index (χ0n) is 10.7. The van der Waals surface area contributed by atoms with E-state index in [4.69, 9.17) is 5.11 Å². The predicted molar refractivity (Wildman–Crippen MR) is 80.2 cm³/mol. The summed E-state index contributed by atoms with van der Waals surface area (Å²) in [6.45, 7) is 1.94. The fraction of sp³-hybridized carbons (Fsp3) is 0.0667. The van der Waals surface area contributed by atoms with Gasteiger partial charge in [0.1, 0.15) is 0 Å². The highest BCUT2D eigenvalue weighted by Crippen LogP contribution is 2.18. The Kier molecular flexibility index (Phi) is 4.20. The van der Waals surface area contributed by atoms with Gasteiger partial charge >= 0.3 is 5.97 Å². The van der Waals surface area contributed by atoms with Crippen molar-refractivity contribution in [3.05, 3.63) is 63.6 Å². The SMILES string of the molecule is Cc1ccc(C(=O)Nc2ccc(C(=O)O)cc2)cc1Br. The summed E-state index contributed by atoms with van der Waals surface area (Å²) in [5.74, 6) is -1.24. The summed E-state index contributed by atoms with van der Waals surface area (Å²) < 4.78 is 0.867. The van der Waals surface area contributed by atoms with Gasteiger partial charge in [-0.25, -0.2) is 4.79 Å². The van der Waals surface area contributed by atoms with Crippen LogP contribution in [0.25, 0.3) is 0 Å². The van der Waals surface area contributed by atoms with Gasteiger partial charge in [0, 0.05) is 15.7 Å². The molecule has 0 aliphatic carbocycles. The van der Waals surface area contributed by atoms with Crippen LogP contribution in [0, 0.1) is 6.92 Å². The molecule has 0 saturated carbocycles. The number of hydrogen-bond acceptors (Lipinski definition) is 2. The summed E-state index contributed by atoms with van der Waals surface area (Å²) in [5, 5.41) is 11.5. The highest BCUT2D eigenvalue weighted by molar-refractivity contribution is 9.10. The minimum absolute atomic E-state index is 0.182. The second kappa shape index (κ2) is 5.88. The van der Waals surface area contributed by atoms with Gasteiger partial charge in [-0.3, -0.25) is 4.79 Å². The Labute approximate surface area is 124 Å². The third kappa shape index (κ3) is 3.24. The number of anilines is 1. The molecule has 2 aromatic carbocycles. The molecule has 0 atom stereocenters. The van der Waals surface area contributed by atoms with E-state index in [2.05, 4.69) is 21.2 Å². The first-order valence-electron chi connectivity index (χ1n) is 5.88. The predicted octanol–water partition coefficient (Wildman–Crippen LogP) is 3.71. The van der Waals surface area contributed by atoms with Crippen molar-refractivity contribution in [1.29, 1.82) is 0 Å². The number of benzene rings is 2. The molecule has 0 heterocycles. The van der Waals surface area contributed by atoms with E-state index in [9.17, 15) is 9.59 Å². The van der Waals surface area contributed by atoms with Crippen molar-refractivity contribution in [3.63, 3.8) is 0 Å². The number of carboxylic acids is 1. The monoisotopic (exact) mass is 333 g/mol. The van der Waals surface area contributed by atoms with E-state index >= 15 is 0 Å². The van der Waals surface area contributed by atoms with Crippen LogP contribution in [0.5, 0.6) is 0 Å². The lowest BCUT2D eigenvalue weighted by Gasteiger charge is -2.07. The van der Waals surface area contributed by atoms with E-state index < -0.39 is 5.97 Å². The number of aryl methyl sites for hydroxylation is 1. The highest BCUT2D eigenvalue weighted by Gasteiger charge is 2.08. The Hall–Kier alpha value is -2.14. The Bertz CT molecular complexity index is 665. The van der Waals surface area contributed by atoms with E-state index in [0.29, 0.717) is 11.3 Å². The van der Waals surface area contributed by atoms with Crippen molar-refractivity contribution in [3.8, 4) is 0 Å². The third-order valence-corrected chi connectivity index (χ3v) is 3.68. The zero-order valence-corrected chi connectivity index (χ0v) is 12.3. The number of halogens is 1. The molecule has 0 aliphatic rings. The molecule has 2 rings (SSSR count). The summed E-state index contributed by atoms with van der Waals surface area (Å²) in [6, 6.07) is 11.4. The van der Waals surface area contributed by atoms with Gasteiger partial charge < -0.3 is 10.4 Å². The smallest absolute Gasteiger partial charge is 0.335 e. The number of rotatable bonds is 3. The van der Waals surface area contributed by atoms with Crippen LogP contribution in [-0.4, -0.2) is 17.0 Å². The highest BCUT2D eigenvalue weighted by atomic mass is 79.9. The van der Waals surface area contributed by atoms with Gasteiger partial charge in [-0.05, 0) is 48.9 Å². The number of carbonyl (C=O) groups is 2. The molecule has 2 N–H and O–H groups in total. The summed E-state index contributed by atoms with van der Waals surface area (Å²) in [4.78, 5) is 22.8. The first-order valence-corrected chi connectivity index (χ1v) is 6.67. The summed E-state index contributed by atoms with van der Waals surface area (Å²) in [7, 11) is 0. The molecule has 0 bridgehead atoms. The molecule has 0 unspecified atom stereocenters. The van der Waals surface area contributed by atoms with Crippen molar-refractivity contribution in [2.75, 3.05) is 5.32 Å². The van der Waals surface area contributed by atoms with Crippen LogP contribution >= 0.6 is 15.9 Å². The normalized spacial score (nSPS) is 10.1. The van der Waals surface area contributed by atoms with Crippen molar-refractivity contribution in [2.45, 2.75) is 6.92 Å². The van der Waals surface area contributed by atoms with Crippen molar-refractivity contribution in [2.24, 2.45) is 0 Å². The summed E-state index contributed by atoms with van der Waals surface area (Å²) >= 11 is 3.38. The first-order chi connectivity index (χ1) is 9.47. The van der Waals surface area contributed by atoms with Crippen LogP contribution in [0.4, 0.5) is 5.69 Å². The van der Waals surface area contributed by atoms with E-state index in [1.54, 1.807) is 24.3 Å². The second-order valence-electron chi connectivity index (χ2n) is 4.30. The Morgan fingerprint density at radius 2 is 1.65 bits per heavy atom.